The molecule has 2 atom stereocenters. The number of rotatable bonds is 5. The van der Waals surface area contributed by atoms with Gasteiger partial charge in [0.1, 0.15) is 17.2 Å². The fraction of sp³-hybridized carbons (Fsp3) is 0.474. The molecule has 2 aromatic rings. The first kappa shape index (κ1) is 15.9. The zero-order chi connectivity index (χ0) is 16.5. The Hall–Kier alpha value is -1.59. The first-order valence-electron chi connectivity index (χ1n) is 8.86. The number of hydrogen-bond donors (Lipinski definition) is 0. The average Bonchev–Trinajstić information content (AvgIpc) is 2.96. The molecule has 0 aliphatic carbocycles. The molecule has 4 nitrogen and oxygen atoms in total. The summed E-state index contributed by atoms with van der Waals surface area (Å²) in [6.07, 6.45) is 7.15. The molecule has 1 saturated heterocycles. The van der Waals surface area contributed by atoms with Crippen molar-refractivity contribution in [1.29, 1.82) is 0 Å². The number of anilines is 1. The maximum absolute atomic E-state index is 4.65. The molecule has 5 heteroatoms. The number of hydrogen-bond acceptors (Lipinski definition) is 5. The smallest absolute Gasteiger partial charge is 0.138 e. The van der Waals surface area contributed by atoms with Crippen LogP contribution in [0.3, 0.4) is 0 Å². The van der Waals surface area contributed by atoms with Crippen LogP contribution in [0.15, 0.2) is 46.6 Å². The van der Waals surface area contributed by atoms with E-state index in [1.54, 1.807) is 18.1 Å². The Morgan fingerprint density at radius 3 is 2.79 bits per heavy atom. The lowest BCUT2D eigenvalue weighted by atomic mass is 10.1. The normalized spacial score (nSPS) is 22.7. The van der Waals surface area contributed by atoms with Crippen LogP contribution in [0.25, 0.3) is 0 Å². The quantitative estimate of drug-likeness (QED) is 0.756. The second-order valence-electron chi connectivity index (χ2n) is 6.61. The Morgan fingerprint density at radius 1 is 1.17 bits per heavy atom. The van der Waals surface area contributed by atoms with E-state index in [-0.39, 0.29) is 0 Å². The summed E-state index contributed by atoms with van der Waals surface area (Å²) in [4.78, 5) is 15.6. The highest BCUT2D eigenvalue weighted by molar-refractivity contribution is 7.99. The van der Waals surface area contributed by atoms with Crippen molar-refractivity contribution in [2.24, 2.45) is 0 Å². The van der Waals surface area contributed by atoms with Crippen LogP contribution < -0.4 is 4.90 Å². The van der Waals surface area contributed by atoms with Crippen LogP contribution in [0.5, 0.6) is 0 Å². The summed E-state index contributed by atoms with van der Waals surface area (Å²) in [7, 11) is 2.19. The Morgan fingerprint density at radius 2 is 2.00 bits per heavy atom. The van der Waals surface area contributed by atoms with E-state index in [0.29, 0.717) is 12.2 Å². The second-order valence-corrected chi connectivity index (χ2v) is 7.67. The fourth-order valence-corrected chi connectivity index (χ4v) is 4.94. The third-order valence-corrected chi connectivity index (χ3v) is 6.18. The summed E-state index contributed by atoms with van der Waals surface area (Å²) in [5, 5.41) is 1.12. The van der Waals surface area contributed by atoms with Crippen LogP contribution in [0.1, 0.15) is 44.2 Å². The van der Waals surface area contributed by atoms with E-state index >= 15 is 0 Å². The molecule has 2 aliphatic rings. The van der Waals surface area contributed by atoms with E-state index in [1.807, 2.05) is 0 Å². The molecular formula is C19H24N4S. The van der Waals surface area contributed by atoms with Crippen molar-refractivity contribution in [2.75, 3.05) is 18.5 Å². The summed E-state index contributed by atoms with van der Waals surface area (Å²) >= 11 is 1.76. The molecule has 0 radical (unpaired) electrons. The van der Waals surface area contributed by atoms with Crippen molar-refractivity contribution in [3.05, 3.63) is 42.2 Å². The maximum Gasteiger partial charge on any atom is 0.138 e. The topological polar surface area (TPSA) is 32.3 Å². The molecule has 2 bridgehead atoms. The first-order chi connectivity index (χ1) is 11.8. The number of nitrogens with zero attached hydrogens (tertiary/aromatic N) is 4. The first-order valence-corrected chi connectivity index (χ1v) is 9.67. The van der Waals surface area contributed by atoms with Gasteiger partial charge in [-0.25, -0.2) is 9.97 Å². The highest BCUT2D eigenvalue weighted by Crippen LogP contribution is 2.49. The van der Waals surface area contributed by atoms with Gasteiger partial charge < -0.3 is 4.90 Å². The molecule has 1 fully saturated rings. The number of benzene rings is 1. The maximum atomic E-state index is 4.65. The zero-order valence-corrected chi connectivity index (χ0v) is 15.2. The minimum absolute atomic E-state index is 0.472. The van der Waals surface area contributed by atoms with Crippen molar-refractivity contribution in [3.8, 4) is 0 Å². The standard InChI is InChI=1S/C19H24N4S/c1-3-4-12-23-15-10-11-16(23)22(2)18-17(15)19(21-13-20-18)24-14-8-6-5-7-9-14/h5-9,13,15-16H,3-4,10-12H2,1-2H3/t15-,16+/m0/s1. The SMILES string of the molecule is CCCCN1[C@@H]2CC[C@H]1c1c(Sc3ccccc3)ncnc1N2C. The van der Waals surface area contributed by atoms with Crippen LogP contribution in [-0.2, 0) is 0 Å². The average molecular weight is 340 g/mol. The van der Waals surface area contributed by atoms with Gasteiger partial charge in [0, 0.05) is 30.1 Å². The Balaban J connectivity index is 1.72. The molecular weight excluding hydrogens is 316 g/mol. The Bertz CT molecular complexity index is 706. The Labute approximate surface area is 148 Å². The van der Waals surface area contributed by atoms with Crippen LogP contribution in [0.4, 0.5) is 5.82 Å². The molecule has 4 rings (SSSR count). The molecule has 0 saturated carbocycles. The minimum Gasteiger partial charge on any atom is -0.343 e. The predicted octanol–water partition coefficient (Wildman–Crippen LogP) is 4.34. The predicted molar refractivity (Wildman–Crippen MR) is 98.4 cm³/mol. The summed E-state index contributed by atoms with van der Waals surface area (Å²) in [6.45, 7) is 3.43. The van der Waals surface area contributed by atoms with Crippen LogP contribution in [-0.4, -0.2) is 34.6 Å². The summed E-state index contributed by atoms with van der Waals surface area (Å²) in [6, 6.07) is 11.0. The molecule has 1 aromatic carbocycles. The monoisotopic (exact) mass is 340 g/mol. The van der Waals surface area contributed by atoms with Crippen molar-refractivity contribution in [1.82, 2.24) is 14.9 Å². The summed E-state index contributed by atoms with van der Waals surface area (Å²) in [5.74, 6) is 1.13. The van der Waals surface area contributed by atoms with Crippen molar-refractivity contribution >= 4 is 17.6 Å². The van der Waals surface area contributed by atoms with Crippen molar-refractivity contribution < 1.29 is 0 Å². The molecule has 1 aromatic heterocycles. The van der Waals surface area contributed by atoms with E-state index in [1.165, 1.54) is 42.7 Å². The van der Waals surface area contributed by atoms with E-state index < -0.39 is 0 Å². The van der Waals surface area contributed by atoms with Gasteiger partial charge in [-0.1, -0.05) is 43.3 Å². The highest BCUT2D eigenvalue weighted by atomic mass is 32.2. The van der Waals surface area contributed by atoms with Crippen LogP contribution in [0, 0.1) is 0 Å². The molecule has 0 spiro atoms. The lowest BCUT2D eigenvalue weighted by molar-refractivity contribution is 0.174. The van der Waals surface area contributed by atoms with Gasteiger partial charge >= 0.3 is 0 Å². The molecule has 0 N–H and O–H groups in total. The van der Waals surface area contributed by atoms with Gasteiger partial charge in [0.05, 0.1) is 6.17 Å². The van der Waals surface area contributed by atoms with Crippen LogP contribution in [0.2, 0.25) is 0 Å². The molecule has 0 unspecified atom stereocenters. The van der Waals surface area contributed by atoms with Gasteiger partial charge in [-0.2, -0.15) is 0 Å². The number of unbranched alkanes of at least 4 members (excludes halogenated alkanes) is 1. The summed E-state index contributed by atoms with van der Waals surface area (Å²) < 4.78 is 0. The third-order valence-electron chi connectivity index (χ3n) is 5.15. The largest absolute Gasteiger partial charge is 0.343 e. The zero-order valence-electron chi connectivity index (χ0n) is 14.4. The third kappa shape index (κ3) is 2.70. The molecule has 24 heavy (non-hydrogen) atoms. The summed E-state index contributed by atoms with van der Waals surface area (Å²) in [5.41, 5.74) is 1.33. The number of fused-ring (bicyclic) bond motifs is 4. The minimum atomic E-state index is 0.472. The molecule has 3 heterocycles. The van der Waals surface area contributed by atoms with Crippen LogP contribution >= 0.6 is 11.8 Å². The van der Waals surface area contributed by atoms with Gasteiger partial charge in [0.25, 0.3) is 0 Å². The van der Waals surface area contributed by atoms with Gasteiger partial charge in [-0.3, -0.25) is 4.90 Å². The van der Waals surface area contributed by atoms with Gasteiger partial charge in [0.15, 0.2) is 0 Å². The van der Waals surface area contributed by atoms with E-state index in [9.17, 15) is 0 Å². The Kier molecular flexibility index (Phi) is 4.46. The fourth-order valence-electron chi connectivity index (χ4n) is 3.98. The molecule has 0 amide bonds. The van der Waals surface area contributed by atoms with Gasteiger partial charge in [-0.15, -0.1) is 0 Å². The molecule has 126 valence electrons. The highest BCUT2D eigenvalue weighted by Gasteiger charge is 2.44. The second kappa shape index (κ2) is 6.73. The van der Waals surface area contributed by atoms with Gasteiger partial charge in [-0.05, 0) is 31.4 Å². The van der Waals surface area contributed by atoms with Gasteiger partial charge in [0.2, 0.25) is 0 Å². The van der Waals surface area contributed by atoms with E-state index in [2.05, 4.69) is 64.1 Å². The van der Waals surface area contributed by atoms with E-state index in [4.69, 9.17) is 0 Å². The van der Waals surface area contributed by atoms with Crippen molar-refractivity contribution in [2.45, 2.75) is 54.7 Å². The molecule has 2 aliphatic heterocycles. The lowest BCUT2D eigenvalue weighted by Gasteiger charge is -2.42. The lowest BCUT2D eigenvalue weighted by Crippen LogP contribution is -2.48. The van der Waals surface area contributed by atoms with E-state index in [0.717, 1.165) is 10.8 Å². The van der Waals surface area contributed by atoms with Crippen molar-refractivity contribution in [3.63, 3.8) is 0 Å². The number of aromatic nitrogens is 2.